The minimum absolute atomic E-state index is 0.106. The lowest BCUT2D eigenvalue weighted by Crippen LogP contribution is -2.45. The van der Waals surface area contributed by atoms with Crippen molar-refractivity contribution in [1.29, 1.82) is 0 Å². The highest BCUT2D eigenvalue weighted by molar-refractivity contribution is 5.81. The number of para-hydroxylation sites is 1. The van der Waals surface area contributed by atoms with Crippen LogP contribution >= 0.6 is 0 Å². The Balaban J connectivity index is 2.40. The van der Waals surface area contributed by atoms with E-state index >= 15 is 0 Å². The van der Waals surface area contributed by atoms with Crippen molar-refractivity contribution in [1.82, 2.24) is 5.32 Å². The molecule has 0 saturated carbocycles. The molecule has 4 nitrogen and oxygen atoms in total. The molecule has 21 heavy (non-hydrogen) atoms. The van der Waals surface area contributed by atoms with Crippen LogP contribution in [-0.4, -0.2) is 25.1 Å². The maximum atomic E-state index is 11.8. The normalized spacial score (nSPS) is 13.8. The third-order valence-corrected chi connectivity index (χ3v) is 3.76. The van der Waals surface area contributed by atoms with Crippen molar-refractivity contribution in [3.63, 3.8) is 0 Å². The lowest BCUT2D eigenvalue weighted by atomic mass is 9.99. The molecular weight excluding hydrogens is 264 g/mol. The van der Waals surface area contributed by atoms with Crippen LogP contribution in [-0.2, 0) is 4.79 Å². The Morgan fingerprint density at radius 2 is 1.95 bits per heavy atom. The molecule has 2 atom stereocenters. The number of ether oxygens (including phenoxy) is 1. The molecule has 1 aromatic carbocycles. The zero-order valence-corrected chi connectivity index (χ0v) is 13.6. The topological polar surface area (TPSA) is 64.4 Å². The van der Waals surface area contributed by atoms with E-state index in [9.17, 15) is 4.79 Å². The summed E-state index contributed by atoms with van der Waals surface area (Å²) in [5, 5.41) is 2.83. The average molecular weight is 292 g/mol. The van der Waals surface area contributed by atoms with Crippen LogP contribution in [0.15, 0.2) is 24.3 Å². The molecule has 0 radical (unpaired) electrons. The van der Waals surface area contributed by atoms with Crippen molar-refractivity contribution in [2.45, 2.75) is 46.1 Å². The van der Waals surface area contributed by atoms with E-state index in [-0.39, 0.29) is 11.8 Å². The molecule has 1 amide bonds. The first kappa shape index (κ1) is 17.5. The van der Waals surface area contributed by atoms with E-state index < -0.39 is 6.04 Å². The fraction of sp³-hybridized carbons (Fsp3) is 0.588. The molecule has 0 spiro atoms. The third kappa shape index (κ3) is 5.38. The minimum Gasteiger partial charge on any atom is -0.491 e. The first-order valence-electron chi connectivity index (χ1n) is 7.72. The van der Waals surface area contributed by atoms with Crippen molar-refractivity contribution in [3.05, 3.63) is 29.8 Å². The predicted molar refractivity (Wildman–Crippen MR) is 86.5 cm³/mol. The van der Waals surface area contributed by atoms with Gasteiger partial charge in [-0.05, 0) is 23.5 Å². The van der Waals surface area contributed by atoms with Crippen LogP contribution in [0.3, 0.4) is 0 Å². The fourth-order valence-corrected chi connectivity index (χ4v) is 2.05. The number of rotatable bonds is 8. The van der Waals surface area contributed by atoms with E-state index in [1.165, 1.54) is 5.56 Å². The number of nitrogens with two attached hydrogens (primary N) is 1. The van der Waals surface area contributed by atoms with Crippen LogP contribution in [0, 0.1) is 5.92 Å². The number of benzene rings is 1. The van der Waals surface area contributed by atoms with Crippen LogP contribution in [0.2, 0.25) is 0 Å². The molecule has 1 aromatic rings. The van der Waals surface area contributed by atoms with Gasteiger partial charge in [0.1, 0.15) is 12.4 Å². The van der Waals surface area contributed by atoms with Crippen molar-refractivity contribution < 1.29 is 9.53 Å². The molecule has 0 fully saturated rings. The first-order chi connectivity index (χ1) is 9.97. The fourth-order valence-electron chi connectivity index (χ4n) is 2.05. The van der Waals surface area contributed by atoms with Gasteiger partial charge >= 0.3 is 0 Å². The number of hydrogen-bond donors (Lipinski definition) is 2. The molecule has 3 N–H and O–H groups in total. The Hall–Kier alpha value is -1.55. The average Bonchev–Trinajstić information content (AvgIpc) is 2.49. The second kappa shape index (κ2) is 8.67. The highest BCUT2D eigenvalue weighted by Crippen LogP contribution is 2.25. The SMILES string of the molecule is CCC(C)C(N)C(=O)NCCOc1ccccc1C(C)C. The maximum Gasteiger partial charge on any atom is 0.237 e. The van der Waals surface area contributed by atoms with Gasteiger partial charge in [0.25, 0.3) is 0 Å². The van der Waals surface area contributed by atoms with Crippen LogP contribution < -0.4 is 15.8 Å². The second-order valence-electron chi connectivity index (χ2n) is 5.74. The smallest absolute Gasteiger partial charge is 0.237 e. The maximum absolute atomic E-state index is 11.8. The molecule has 0 saturated heterocycles. The van der Waals surface area contributed by atoms with Crippen molar-refractivity contribution in [2.75, 3.05) is 13.2 Å². The Kier molecular flexibility index (Phi) is 7.23. The molecule has 4 heteroatoms. The summed E-state index contributed by atoms with van der Waals surface area (Å²) in [4.78, 5) is 11.8. The number of carbonyl (C=O) groups is 1. The molecule has 0 aliphatic carbocycles. The van der Waals surface area contributed by atoms with Crippen LogP contribution in [0.4, 0.5) is 0 Å². The molecule has 1 rings (SSSR count). The van der Waals surface area contributed by atoms with E-state index in [0.29, 0.717) is 19.1 Å². The lowest BCUT2D eigenvalue weighted by Gasteiger charge is -2.18. The van der Waals surface area contributed by atoms with Gasteiger partial charge in [-0.15, -0.1) is 0 Å². The van der Waals surface area contributed by atoms with Crippen molar-refractivity contribution in [3.8, 4) is 5.75 Å². The van der Waals surface area contributed by atoms with Crippen LogP contribution in [0.25, 0.3) is 0 Å². The summed E-state index contributed by atoms with van der Waals surface area (Å²) in [6.07, 6.45) is 0.896. The molecule has 0 aliphatic heterocycles. The van der Waals surface area contributed by atoms with Gasteiger partial charge in [-0.2, -0.15) is 0 Å². The summed E-state index contributed by atoms with van der Waals surface area (Å²) in [5.41, 5.74) is 7.06. The van der Waals surface area contributed by atoms with Gasteiger partial charge in [-0.1, -0.05) is 52.3 Å². The van der Waals surface area contributed by atoms with E-state index in [1.807, 2.05) is 32.0 Å². The van der Waals surface area contributed by atoms with Gasteiger partial charge in [0.15, 0.2) is 0 Å². The second-order valence-corrected chi connectivity index (χ2v) is 5.74. The quantitative estimate of drug-likeness (QED) is 0.724. The van der Waals surface area contributed by atoms with Gasteiger partial charge in [0.2, 0.25) is 5.91 Å². The lowest BCUT2D eigenvalue weighted by molar-refractivity contribution is -0.123. The van der Waals surface area contributed by atoms with Gasteiger partial charge in [-0.25, -0.2) is 0 Å². The third-order valence-electron chi connectivity index (χ3n) is 3.76. The van der Waals surface area contributed by atoms with E-state index in [0.717, 1.165) is 12.2 Å². The monoisotopic (exact) mass is 292 g/mol. The standard InChI is InChI=1S/C17H28N2O2/c1-5-13(4)16(18)17(20)19-10-11-21-15-9-7-6-8-14(15)12(2)3/h6-9,12-13,16H,5,10-11,18H2,1-4H3,(H,19,20). The largest absolute Gasteiger partial charge is 0.491 e. The van der Waals surface area contributed by atoms with Gasteiger partial charge in [-0.3, -0.25) is 4.79 Å². The molecule has 0 aromatic heterocycles. The molecule has 0 aliphatic rings. The minimum atomic E-state index is -0.446. The van der Waals surface area contributed by atoms with Crippen molar-refractivity contribution >= 4 is 5.91 Å². The van der Waals surface area contributed by atoms with Crippen LogP contribution in [0.5, 0.6) is 5.75 Å². The summed E-state index contributed by atoms with van der Waals surface area (Å²) in [6, 6.07) is 7.55. The summed E-state index contributed by atoms with van der Waals surface area (Å²) in [6.45, 7) is 9.20. The molecular formula is C17H28N2O2. The zero-order valence-electron chi connectivity index (χ0n) is 13.6. The van der Waals surface area contributed by atoms with Gasteiger partial charge in [0.05, 0.1) is 12.6 Å². The Morgan fingerprint density at radius 1 is 1.29 bits per heavy atom. The Labute approximate surface area is 128 Å². The predicted octanol–water partition coefficient (Wildman–Crippen LogP) is 2.68. The van der Waals surface area contributed by atoms with Gasteiger partial charge < -0.3 is 15.8 Å². The number of nitrogens with one attached hydrogen (secondary N) is 1. The van der Waals surface area contributed by atoms with Gasteiger partial charge in [0, 0.05) is 0 Å². The highest BCUT2D eigenvalue weighted by atomic mass is 16.5. The van der Waals surface area contributed by atoms with Crippen LogP contribution in [0.1, 0.15) is 45.6 Å². The highest BCUT2D eigenvalue weighted by Gasteiger charge is 2.18. The van der Waals surface area contributed by atoms with E-state index in [1.54, 1.807) is 0 Å². The van der Waals surface area contributed by atoms with E-state index in [4.69, 9.17) is 10.5 Å². The number of amides is 1. The molecule has 118 valence electrons. The zero-order chi connectivity index (χ0) is 15.8. The number of carbonyl (C=O) groups excluding carboxylic acids is 1. The molecule has 2 unspecified atom stereocenters. The van der Waals surface area contributed by atoms with E-state index in [2.05, 4.69) is 25.2 Å². The Morgan fingerprint density at radius 3 is 2.57 bits per heavy atom. The summed E-state index contributed by atoms with van der Waals surface area (Å²) >= 11 is 0. The number of hydrogen-bond acceptors (Lipinski definition) is 3. The van der Waals surface area contributed by atoms with Crippen molar-refractivity contribution in [2.24, 2.45) is 11.7 Å². The molecule has 0 heterocycles. The summed E-state index contributed by atoms with van der Waals surface area (Å²) < 4.78 is 5.76. The molecule has 0 bridgehead atoms. The Bertz CT molecular complexity index is 446. The summed E-state index contributed by atoms with van der Waals surface area (Å²) in [5.74, 6) is 1.38. The first-order valence-corrected chi connectivity index (χ1v) is 7.72. The summed E-state index contributed by atoms with van der Waals surface area (Å²) in [7, 11) is 0.